The zero-order chi connectivity index (χ0) is 17.8. The van der Waals surface area contributed by atoms with Gasteiger partial charge in [-0.2, -0.15) is 0 Å². The predicted octanol–water partition coefficient (Wildman–Crippen LogP) is 3.26. The topological polar surface area (TPSA) is 48.7 Å². The van der Waals surface area contributed by atoms with Crippen LogP contribution in [-0.2, 0) is 6.54 Å². The highest BCUT2D eigenvalue weighted by atomic mass is 16.4. The molecule has 1 aliphatic carbocycles. The van der Waals surface area contributed by atoms with Gasteiger partial charge in [0, 0.05) is 12.6 Å². The van der Waals surface area contributed by atoms with E-state index in [1.165, 1.54) is 64.5 Å². The van der Waals surface area contributed by atoms with E-state index in [9.17, 15) is 4.79 Å². The van der Waals surface area contributed by atoms with Crippen LogP contribution in [0, 0.1) is 5.92 Å². The number of piperidine rings is 1. The van der Waals surface area contributed by atoms with E-state index in [-0.39, 0.29) is 5.91 Å². The molecular formula is C21H33N3O2. The Bertz CT molecular complexity index is 580. The maximum absolute atomic E-state index is 12.4. The minimum Gasteiger partial charge on any atom is -0.455 e. The number of nitrogens with one attached hydrogen (secondary N) is 1. The van der Waals surface area contributed by atoms with Gasteiger partial charge in [0.25, 0.3) is 5.91 Å². The first-order valence-corrected chi connectivity index (χ1v) is 10.6. The van der Waals surface area contributed by atoms with E-state index >= 15 is 0 Å². The van der Waals surface area contributed by atoms with Gasteiger partial charge in [-0.3, -0.25) is 9.69 Å². The molecule has 5 heteroatoms. The van der Waals surface area contributed by atoms with E-state index < -0.39 is 0 Å². The smallest absolute Gasteiger partial charge is 0.287 e. The third-order valence-corrected chi connectivity index (χ3v) is 6.51. The van der Waals surface area contributed by atoms with Gasteiger partial charge in [-0.15, -0.1) is 0 Å². The second-order valence-corrected chi connectivity index (χ2v) is 8.38. The summed E-state index contributed by atoms with van der Waals surface area (Å²) in [6.07, 6.45) is 10.5. The molecule has 5 nitrogen and oxygen atoms in total. The van der Waals surface area contributed by atoms with E-state index in [2.05, 4.69) is 15.1 Å². The van der Waals surface area contributed by atoms with E-state index in [0.717, 1.165) is 38.0 Å². The minimum absolute atomic E-state index is 0.0594. The number of amides is 1. The lowest BCUT2D eigenvalue weighted by atomic mass is 9.95. The molecule has 3 aliphatic rings. The average Bonchev–Trinajstić information content (AvgIpc) is 3.43. The van der Waals surface area contributed by atoms with Crippen LogP contribution in [0.3, 0.4) is 0 Å². The maximum atomic E-state index is 12.4. The molecule has 0 aromatic carbocycles. The van der Waals surface area contributed by atoms with Crippen LogP contribution in [0.2, 0.25) is 0 Å². The van der Waals surface area contributed by atoms with Crippen LogP contribution in [0.1, 0.15) is 67.7 Å². The summed E-state index contributed by atoms with van der Waals surface area (Å²) < 4.78 is 5.77. The molecule has 1 amide bonds. The second kappa shape index (κ2) is 8.57. The SMILES string of the molecule is O=C(NCC1CCN(C2CCCC2)CC1)c1ccc(CN2CCCC2)o1. The zero-order valence-electron chi connectivity index (χ0n) is 15.9. The first kappa shape index (κ1) is 18.1. The van der Waals surface area contributed by atoms with Crippen molar-refractivity contribution in [3.8, 4) is 0 Å². The summed E-state index contributed by atoms with van der Waals surface area (Å²) in [6.45, 7) is 6.29. The fraction of sp³-hybridized carbons (Fsp3) is 0.762. The number of rotatable bonds is 6. The summed E-state index contributed by atoms with van der Waals surface area (Å²) in [4.78, 5) is 17.5. The van der Waals surface area contributed by atoms with Gasteiger partial charge >= 0.3 is 0 Å². The molecule has 0 unspecified atom stereocenters. The summed E-state index contributed by atoms with van der Waals surface area (Å²) in [6, 6.07) is 4.61. The van der Waals surface area contributed by atoms with Crippen molar-refractivity contribution in [2.24, 2.45) is 5.92 Å². The maximum Gasteiger partial charge on any atom is 0.287 e. The number of furan rings is 1. The summed E-state index contributed by atoms with van der Waals surface area (Å²) in [5, 5.41) is 3.10. The van der Waals surface area contributed by atoms with Gasteiger partial charge < -0.3 is 14.6 Å². The fourth-order valence-electron chi connectivity index (χ4n) is 4.86. The molecule has 144 valence electrons. The molecule has 3 heterocycles. The van der Waals surface area contributed by atoms with E-state index in [0.29, 0.717) is 11.7 Å². The Morgan fingerprint density at radius 2 is 1.73 bits per heavy atom. The lowest BCUT2D eigenvalue weighted by molar-refractivity contribution is 0.0894. The van der Waals surface area contributed by atoms with Crippen LogP contribution in [0.15, 0.2) is 16.5 Å². The first-order valence-electron chi connectivity index (χ1n) is 10.6. The van der Waals surface area contributed by atoms with Gasteiger partial charge in [0.05, 0.1) is 6.54 Å². The normalized spacial score (nSPS) is 23.7. The van der Waals surface area contributed by atoms with Crippen molar-refractivity contribution >= 4 is 5.91 Å². The van der Waals surface area contributed by atoms with Gasteiger partial charge in [0.15, 0.2) is 5.76 Å². The number of hydrogen-bond acceptors (Lipinski definition) is 4. The van der Waals surface area contributed by atoms with Crippen molar-refractivity contribution in [1.29, 1.82) is 0 Å². The van der Waals surface area contributed by atoms with Crippen LogP contribution >= 0.6 is 0 Å². The number of carbonyl (C=O) groups excluding carboxylic acids is 1. The molecule has 1 saturated carbocycles. The third-order valence-electron chi connectivity index (χ3n) is 6.51. The summed E-state index contributed by atoms with van der Waals surface area (Å²) in [7, 11) is 0. The van der Waals surface area contributed by atoms with Crippen LogP contribution in [0.5, 0.6) is 0 Å². The molecule has 2 saturated heterocycles. The Morgan fingerprint density at radius 1 is 1.00 bits per heavy atom. The van der Waals surface area contributed by atoms with Crippen LogP contribution in [0.4, 0.5) is 0 Å². The van der Waals surface area contributed by atoms with E-state index in [1.54, 1.807) is 0 Å². The number of nitrogens with zero attached hydrogens (tertiary/aromatic N) is 2. The molecule has 1 aromatic rings. The van der Waals surface area contributed by atoms with Crippen molar-refractivity contribution in [2.75, 3.05) is 32.7 Å². The Balaban J connectivity index is 1.19. The molecule has 3 fully saturated rings. The third kappa shape index (κ3) is 4.49. The Labute approximate surface area is 157 Å². The largest absolute Gasteiger partial charge is 0.455 e. The highest BCUT2D eigenvalue weighted by Gasteiger charge is 2.27. The van der Waals surface area contributed by atoms with Gasteiger partial charge in [-0.1, -0.05) is 12.8 Å². The van der Waals surface area contributed by atoms with Gasteiger partial charge in [0.2, 0.25) is 0 Å². The van der Waals surface area contributed by atoms with Gasteiger partial charge in [-0.05, 0) is 82.8 Å². The molecule has 0 bridgehead atoms. The van der Waals surface area contributed by atoms with Crippen molar-refractivity contribution in [3.05, 3.63) is 23.7 Å². The van der Waals surface area contributed by atoms with E-state index in [4.69, 9.17) is 4.42 Å². The van der Waals surface area contributed by atoms with Crippen LogP contribution in [-0.4, -0.2) is 54.5 Å². The Hall–Kier alpha value is -1.33. The quantitative estimate of drug-likeness (QED) is 0.847. The van der Waals surface area contributed by atoms with Crippen LogP contribution in [0.25, 0.3) is 0 Å². The molecule has 0 spiro atoms. The molecule has 26 heavy (non-hydrogen) atoms. The van der Waals surface area contributed by atoms with Crippen molar-refractivity contribution < 1.29 is 9.21 Å². The minimum atomic E-state index is -0.0594. The van der Waals surface area contributed by atoms with E-state index in [1.807, 2.05) is 12.1 Å². The number of likely N-dealkylation sites (tertiary alicyclic amines) is 2. The first-order chi connectivity index (χ1) is 12.8. The number of hydrogen-bond donors (Lipinski definition) is 1. The monoisotopic (exact) mass is 359 g/mol. The van der Waals surface area contributed by atoms with Crippen molar-refractivity contribution in [2.45, 2.75) is 64.0 Å². The average molecular weight is 360 g/mol. The molecule has 2 aliphatic heterocycles. The second-order valence-electron chi connectivity index (χ2n) is 8.38. The lowest BCUT2D eigenvalue weighted by Crippen LogP contribution is -2.42. The summed E-state index contributed by atoms with van der Waals surface area (Å²) in [5.74, 6) is 1.91. The summed E-state index contributed by atoms with van der Waals surface area (Å²) >= 11 is 0. The molecule has 0 atom stereocenters. The molecule has 4 rings (SSSR count). The zero-order valence-corrected chi connectivity index (χ0v) is 15.9. The molecule has 1 aromatic heterocycles. The highest BCUT2D eigenvalue weighted by molar-refractivity contribution is 5.91. The Morgan fingerprint density at radius 3 is 2.46 bits per heavy atom. The summed E-state index contributed by atoms with van der Waals surface area (Å²) in [5.41, 5.74) is 0. The fourth-order valence-corrected chi connectivity index (χ4v) is 4.86. The number of carbonyl (C=O) groups is 1. The van der Waals surface area contributed by atoms with Gasteiger partial charge in [-0.25, -0.2) is 0 Å². The lowest BCUT2D eigenvalue weighted by Gasteiger charge is -2.36. The van der Waals surface area contributed by atoms with Gasteiger partial charge in [0.1, 0.15) is 5.76 Å². The Kier molecular flexibility index (Phi) is 5.95. The standard InChI is InChI=1S/C21H33N3O2/c25-21(20-8-7-19(26-20)16-23-11-3-4-12-23)22-15-17-9-13-24(14-10-17)18-5-1-2-6-18/h7-8,17-18H,1-6,9-16H2,(H,22,25). The van der Waals surface area contributed by atoms with Crippen molar-refractivity contribution in [3.63, 3.8) is 0 Å². The van der Waals surface area contributed by atoms with Crippen LogP contribution < -0.4 is 5.32 Å². The molecular weight excluding hydrogens is 326 g/mol. The predicted molar refractivity (Wildman–Crippen MR) is 102 cm³/mol. The molecule has 0 radical (unpaired) electrons. The highest BCUT2D eigenvalue weighted by Crippen LogP contribution is 2.27. The molecule has 1 N–H and O–H groups in total. The van der Waals surface area contributed by atoms with Crippen molar-refractivity contribution in [1.82, 2.24) is 15.1 Å².